The largest absolute Gasteiger partial charge is 0.415 e. The maximum atomic E-state index is 12.3. The number of rotatable bonds is 1. The smallest absolute Gasteiger partial charge is 0.357 e. The molecule has 13 heavy (non-hydrogen) atoms. The molecule has 0 aromatic carbocycles. The maximum absolute atomic E-state index is 12.3. The molecular formula is C8H5F3O2. The number of hydrogen-bond acceptors (Lipinski definition) is 2. The molecule has 5 heteroatoms. The molecule has 2 rings (SSSR count). The Bertz CT molecular complexity index is 314. The van der Waals surface area contributed by atoms with Crippen molar-refractivity contribution in [2.45, 2.75) is 18.4 Å². The standard InChI is InChI=1S/C8H5F3O2/c9-8(10,11)7-4(3-12)5-1-2-6(7)13-5/h1-3,5-6H. The lowest BCUT2D eigenvalue weighted by Crippen LogP contribution is -2.21. The highest BCUT2D eigenvalue weighted by molar-refractivity contribution is 5.80. The zero-order valence-corrected chi connectivity index (χ0v) is 6.34. The topological polar surface area (TPSA) is 26.3 Å². The van der Waals surface area contributed by atoms with Crippen LogP contribution in [0, 0.1) is 0 Å². The molecule has 2 aliphatic heterocycles. The molecule has 2 atom stereocenters. The van der Waals surface area contributed by atoms with Crippen molar-refractivity contribution in [3.8, 4) is 0 Å². The molecule has 0 saturated heterocycles. The van der Waals surface area contributed by atoms with E-state index < -0.39 is 24.0 Å². The number of ether oxygens (including phenoxy) is 1. The molecule has 2 bridgehead atoms. The van der Waals surface area contributed by atoms with Crippen molar-refractivity contribution in [2.75, 3.05) is 0 Å². The average molecular weight is 190 g/mol. The summed E-state index contributed by atoms with van der Waals surface area (Å²) < 4.78 is 41.9. The Labute approximate surface area is 71.7 Å². The number of carbonyl (C=O) groups excluding carboxylic acids is 1. The number of fused-ring (bicyclic) bond motifs is 2. The van der Waals surface area contributed by atoms with Gasteiger partial charge in [0.05, 0.1) is 5.57 Å². The van der Waals surface area contributed by atoms with Crippen LogP contribution in [0.2, 0.25) is 0 Å². The molecule has 2 unspecified atom stereocenters. The second kappa shape index (κ2) is 2.45. The number of carbonyl (C=O) groups is 1. The van der Waals surface area contributed by atoms with Gasteiger partial charge in [0.2, 0.25) is 0 Å². The van der Waals surface area contributed by atoms with Crippen LogP contribution < -0.4 is 0 Å². The summed E-state index contributed by atoms with van der Waals surface area (Å²) in [5.41, 5.74) is -1.14. The predicted molar refractivity (Wildman–Crippen MR) is 36.9 cm³/mol. The van der Waals surface area contributed by atoms with Gasteiger partial charge in [0.1, 0.15) is 18.5 Å². The molecular weight excluding hydrogens is 185 g/mol. The van der Waals surface area contributed by atoms with Gasteiger partial charge in [0, 0.05) is 5.57 Å². The lowest BCUT2D eigenvalue weighted by atomic mass is 9.98. The molecule has 0 radical (unpaired) electrons. The normalized spacial score (nSPS) is 31.6. The summed E-state index contributed by atoms with van der Waals surface area (Å²) in [6, 6.07) is 0. The minimum atomic E-state index is -4.47. The molecule has 70 valence electrons. The summed E-state index contributed by atoms with van der Waals surface area (Å²) in [7, 11) is 0. The minimum absolute atomic E-state index is 0.219. The van der Waals surface area contributed by atoms with E-state index in [1.807, 2.05) is 0 Å². The van der Waals surface area contributed by atoms with Crippen molar-refractivity contribution in [1.82, 2.24) is 0 Å². The molecule has 0 spiro atoms. The van der Waals surface area contributed by atoms with Gasteiger partial charge in [-0.1, -0.05) is 12.2 Å². The summed E-state index contributed by atoms with van der Waals surface area (Å²) in [5, 5.41) is 0. The molecule has 0 amide bonds. The first kappa shape index (κ1) is 8.50. The van der Waals surface area contributed by atoms with Gasteiger partial charge in [-0.15, -0.1) is 0 Å². The van der Waals surface area contributed by atoms with E-state index in [4.69, 9.17) is 4.74 Å². The molecule has 2 aliphatic rings. The Hall–Kier alpha value is -1.10. The molecule has 0 N–H and O–H groups in total. The van der Waals surface area contributed by atoms with Crippen LogP contribution in [0.4, 0.5) is 13.2 Å². The van der Waals surface area contributed by atoms with Crippen LogP contribution in [-0.4, -0.2) is 24.7 Å². The van der Waals surface area contributed by atoms with E-state index in [0.717, 1.165) is 0 Å². The van der Waals surface area contributed by atoms with Crippen LogP contribution in [0.15, 0.2) is 23.3 Å². The van der Waals surface area contributed by atoms with E-state index in [9.17, 15) is 18.0 Å². The van der Waals surface area contributed by atoms with E-state index in [0.29, 0.717) is 0 Å². The molecule has 0 aromatic rings. The number of aldehydes is 1. The van der Waals surface area contributed by atoms with Crippen molar-refractivity contribution >= 4 is 6.29 Å². The number of alkyl halides is 3. The third-order valence-electron chi connectivity index (χ3n) is 2.09. The molecule has 0 aliphatic carbocycles. The highest BCUT2D eigenvalue weighted by Gasteiger charge is 2.49. The van der Waals surface area contributed by atoms with Crippen molar-refractivity contribution < 1.29 is 22.7 Å². The Kier molecular flexibility index (Phi) is 1.60. The predicted octanol–water partition coefficient (Wildman–Crippen LogP) is 1.38. The Morgan fingerprint density at radius 3 is 2.38 bits per heavy atom. The van der Waals surface area contributed by atoms with Crippen LogP contribution in [-0.2, 0) is 9.53 Å². The quantitative estimate of drug-likeness (QED) is 0.461. The summed E-state index contributed by atoms with van der Waals surface area (Å²) in [5.74, 6) is 0. The Morgan fingerprint density at radius 1 is 1.31 bits per heavy atom. The van der Waals surface area contributed by atoms with Crippen LogP contribution in [0.3, 0.4) is 0 Å². The van der Waals surface area contributed by atoms with E-state index >= 15 is 0 Å². The van der Waals surface area contributed by atoms with Crippen LogP contribution >= 0.6 is 0 Å². The second-order valence-corrected chi connectivity index (χ2v) is 2.85. The molecule has 2 nitrogen and oxygen atoms in total. The highest BCUT2D eigenvalue weighted by atomic mass is 19.4. The number of hydrogen-bond donors (Lipinski definition) is 0. The Balaban J connectivity index is 2.45. The van der Waals surface area contributed by atoms with Gasteiger partial charge < -0.3 is 4.74 Å². The van der Waals surface area contributed by atoms with Crippen LogP contribution in [0.25, 0.3) is 0 Å². The second-order valence-electron chi connectivity index (χ2n) is 2.85. The zero-order valence-electron chi connectivity index (χ0n) is 6.34. The molecule has 0 aromatic heterocycles. The lowest BCUT2D eigenvalue weighted by Gasteiger charge is -2.12. The van der Waals surface area contributed by atoms with Crippen molar-refractivity contribution in [2.24, 2.45) is 0 Å². The van der Waals surface area contributed by atoms with Gasteiger partial charge in [-0.05, 0) is 0 Å². The minimum Gasteiger partial charge on any atom is -0.357 e. The first-order valence-corrected chi connectivity index (χ1v) is 3.64. The number of halogens is 3. The third-order valence-corrected chi connectivity index (χ3v) is 2.09. The fraction of sp³-hybridized carbons (Fsp3) is 0.375. The summed E-state index contributed by atoms with van der Waals surface area (Å²) in [4.78, 5) is 10.4. The fourth-order valence-electron chi connectivity index (χ4n) is 1.56. The van der Waals surface area contributed by atoms with Gasteiger partial charge >= 0.3 is 6.18 Å². The summed E-state index contributed by atoms with van der Waals surface area (Å²) >= 11 is 0. The average Bonchev–Trinajstić information content (AvgIpc) is 2.59. The van der Waals surface area contributed by atoms with Gasteiger partial charge in [0.15, 0.2) is 0 Å². The van der Waals surface area contributed by atoms with Gasteiger partial charge in [0.25, 0.3) is 0 Å². The monoisotopic (exact) mass is 190 g/mol. The molecule has 2 heterocycles. The maximum Gasteiger partial charge on any atom is 0.415 e. The van der Waals surface area contributed by atoms with Crippen LogP contribution in [0.5, 0.6) is 0 Å². The highest BCUT2D eigenvalue weighted by Crippen LogP contribution is 2.42. The first-order chi connectivity index (χ1) is 6.04. The molecule has 0 saturated carbocycles. The summed E-state index contributed by atoms with van der Waals surface area (Å²) in [6.45, 7) is 0. The van der Waals surface area contributed by atoms with Crippen molar-refractivity contribution in [1.29, 1.82) is 0 Å². The van der Waals surface area contributed by atoms with Gasteiger partial charge in [-0.2, -0.15) is 13.2 Å². The van der Waals surface area contributed by atoms with E-state index in [1.165, 1.54) is 12.2 Å². The Morgan fingerprint density at radius 2 is 1.92 bits per heavy atom. The van der Waals surface area contributed by atoms with Crippen molar-refractivity contribution in [3.63, 3.8) is 0 Å². The van der Waals surface area contributed by atoms with Crippen molar-refractivity contribution in [3.05, 3.63) is 23.3 Å². The molecule has 0 fully saturated rings. The van der Waals surface area contributed by atoms with E-state index in [-0.39, 0.29) is 11.9 Å². The van der Waals surface area contributed by atoms with E-state index in [1.54, 1.807) is 0 Å². The third kappa shape index (κ3) is 1.11. The first-order valence-electron chi connectivity index (χ1n) is 3.64. The van der Waals surface area contributed by atoms with Gasteiger partial charge in [-0.3, -0.25) is 4.79 Å². The lowest BCUT2D eigenvalue weighted by molar-refractivity contribution is -0.108. The summed E-state index contributed by atoms with van der Waals surface area (Å²) in [6.07, 6.45) is -3.34. The van der Waals surface area contributed by atoms with E-state index in [2.05, 4.69) is 0 Å². The van der Waals surface area contributed by atoms with Crippen LogP contribution in [0.1, 0.15) is 0 Å². The van der Waals surface area contributed by atoms with Gasteiger partial charge in [-0.25, -0.2) is 0 Å². The zero-order chi connectivity index (χ0) is 9.64. The fourth-order valence-corrected chi connectivity index (χ4v) is 1.56. The SMILES string of the molecule is O=CC1=C(C(F)(F)F)C2C=CC1O2.